The van der Waals surface area contributed by atoms with Gasteiger partial charge in [0.25, 0.3) is 0 Å². The van der Waals surface area contributed by atoms with Crippen molar-refractivity contribution in [1.82, 2.24) is 4.90 Å². The topological polar surface area (TPSA) is 3.24 Å². The van der Waals surface area contributed by atoms with E-state index in [-0.39, 0.29) is 24.4 Å². The van der Waals surface area contributed by atoms with Crippen molar-refractivity contribution in [2.45, 2.75) is 54.0 Å². The third-order valence-electron chi connectivity index (χ3n) is 5.87. The van der Waals surface area contributed by atoms with Gasteiger partial charge in [-0.15, -0.1) is 0 Å². The molecule has 0 N–H and O–H groups in total. The molecule has 0 aromatic heterocycles. The van der Waals surface area contributed by atoms with Crippen LogP contribution in [0, 0.1) is 16.7 Å². The van der Waals surface area contributed by atoms with Gasteiger partial charge in [0.05, 0.1) is 0 Å². The van der Waals surface area contributed by atoms with Crippen LogP contribution < -0.4 is 0 Å². The molecule has 1 fully saturated rings. The quantitative estimate of drug-likeness (QED) is 0.548. The summed E-state index contributed by atoms with van der Waals surface area (Å²) in [6.45, 7) is 18.0. The van der Waals surface area contributed by atoms with E-state index in [4.69, 9.17) is 0 Å². The molecule has 1 aliphatic rings. The molecule has 0 aromatic rings. The molecule has 1 heterocycles. The molecule has 1 aliphatic heterocycles. The van der Waals surface area contributed by atoms with Gasteiger partial charge in [0, 0.05) is 30.9 Å². The van der Waals surface area contributed by atoms with Gasteiger partial charge in [-0.2, -0.15) is 0 Å². The molecule has 0 amide bonds. The average Bonchev–Trinajstić information content (AvgIpc) is 2.01. The van der Waals surface area contributed by atoms with Gasteiger partial charge in [0.2, 0.25) is 0 Å². The Kier molecular flexibility index (Phi) is 4.25. The summed E-state index contributed by atoms with van der Waals surface area (Å²) >= 11 is 0. The Bertz CT molecular complexity index is 209. The molecule has 0 bridgehead atoms. The Morgan fingerprint density at radius 2 is 1.40 bits per heavy atom. The average molecular weight is 204 g/mol. The fraction of sp³-hybridized carbons (Fsp3) is 1.00. The first-order valence-electron chi connectivity index (χ1n) is 5.76. The fourth-order valence-electron chi connectivity index (χ4n) is 2.75. The Hall–Kier alpha value is 0.557. The van der Waals surface area contributed by atoms with Gasteiger partial charge in [-0.05, 0) is 37.6 Å². The van der Waals surface area contributed by atoms with Gasteiger partial charge in [0.1, 0.15) is 0 Å². The Balaban J connectivity index is 0.00000196. The minimum absolute atomic E-state index is 0. The molecule has 0 saturated carbocycles. The summed E-state index contributed by atoms with van der Waals surface area (Å²) in [4.78, 5) is 2.52. The number of piperidine rings is 1. The van der Waals surface area contributed by atoms with Gasteiger partial charge in [-0.1, -0.05) is 34.6 Å². The predicted octanol–water partition coefficient (Wildman–Crippen LogP) is 3.02. The molecular formula is C13H27LiN. The second-order valence-corrected chi connectivity index (χ2v) is 6.69. The predicted molar refractivity (Wildman–Crippen MR) is 69.2 cm³/mol. The van der Waals surface area contributed by atoms with Crippen LogP contribution in [0.15, 0.2) is 0 Å². The first-order chi connectivity index (χ1) is 6.05. The van der Waals surface area contributed by atoms with Crippen LogP contribution in [0.2, 0.25) is 0 Å². The number of hydrogen-bond donors (Lipinski definition) is 0. The van der Waals surface area contributed by atoms with E-state index in [2.05, 4.69) is 60.4 Å². The molecule has 85 valence electrons. The van der Waals surface area contributed by atoms with E-state index < -0.39 is 0 Å². The van der Waals surface area contributed by atoms with E-state index >= 15 is 0 Å². The molecule has 2 heteroatoms. The van der Waals surface area contributed by atoms with E-state index in [1.54, 1.807) is 0 Å². The minimum Gasteiger partial charge on any atom is -0.300 e. The summed E-state index contributed by atoms with van der Waals surface area (Å²) in [6, 6.07) is 0. The summed E-state index contributed by atoms with van der Waals surface area (Å²) in [7, 11) is 2.26. The summed E-state index contributed by atoms with van der Waals surface area (Å²) in [5.41, 5.74) is 1.03. The Morgan fingerprint density at radius 3 is 1.80 bits per heavy atom. The smallest absolute Gasteiger partial charge is 0.0206 e. The molecule has 1 unspecified atom stereocenters. The first kappa shape index (κ1) is 15.6. The molecule has 0 spiro atoms. The van der Waals surface area contributed by atoms with Crippen LogP contribution in [-0.2, 0) is 0 Å². The van der Waals surface area contributed by atoms with Crippen LogP contribution in [0.5, 0.6) is 0 Å². The van der Waals surface area contributed by atoms with Crippen LogP contribution in [0.3, 0.4) is 0 Å². The van der Waals surface area contributed by atoms with E-state index in [1.807, 2.05) is 0 Å². The van der Waals surface area contributed by atoms with Crippen LogP contribution in [0.25, 0.3) is 0 Å². The van der Waals surface area contributed by atoms with E-state index in [1.165, 1.54) is 6.54 Å². The maximum atomic E-state index is 2.52. The minimum atomic E-state index is 0. The third kappa shape index (κ3) is 1.92. The van der Waals surface area contributed by atoms with Gasteiger partial charge in [-0.25, -0.2) is 0 Å². The normalized spacial score (nSPS) is 33.2. The fourth-order valence-corrected chi connectivity index (χ4v) is 2.75. The van der Waals surface area contributed by atoms with Crippen molar-refractivity contribution in [3.8, 4) is 0 Å². The van der Waals surface area contributed by atoms with Crippen molar-refractivity contribution < 1.29 is 0 Å². The zero-order valence-electron chi connectivity index (χ0n) is 12.2. The Labute approximate surface area is 108 Å². The van der Waals surface area contributed by atoms with Crippen molar-refractivity contribution in [3.63, 3.8) is 0 Å². The second kappa shape index (κ2) is 4.10. The van der Waals surface area contributed by atoms with Gasteiger partial charge >= 0.3 is 0 Å². The summed E-state index contributed by atoms with van der Waals surface area (Å²) in [5.74, 6) is 0.760. The van der Waals surface area contributed by atoms with Crippen molar-refractivity contribution in [3.05, 3.63) is 0 Å². The van der Waals surface area contributed by atoms with Crippen LogP contribution >= 0.6 is 0 Å². The van der Waals surface area contributed by atoms with E-state index in [0.29, 0.717) is 10.8 Å². The van der Waals surface area contributed by atoms with E-state index in [9.17, 15) is 0 Å². The summed E-state index contributed by atoms with van der Waals surface area (Å²) in [5, 5.41) is 0. The van der Waals surface area contributed by atoms with Gasteiger partial charge < -0.3 is 4.90 Å². The van der Waals surface area contributed by atoms with Crippen molar-refractivity contribution >= 4 is 18.9 Å². The zero-order valence-corrected chi connectivity index (χ0v) is 12.2. The molecule has 0 aromatic carbocycles. The molecule has 1 saturated heterocycles. The Morgan fingerprint density at radius 1 is 1.00 bits per heavy atom. The standard InChI is InChI=1S/C13H27N.Li/c1-10-9-14(8)13(6,7)12(4,5)11(10,2)3;/h10H,9H2,1-8H3;. The number of rotatable bonds is 0. The van der Waals surface area contributed by atoms with Crippen molar-refractivity contribution in [2.75, 3.05) is 13.6 Å². The maximum Gasteiger partial charge on any atom is 0.0206 e. The number of likely N-dealkylation sites (tertiary alicyclic amines) is 1. The second-order valence-electron chi connectivity index (χ2n) is 6.69. The molecule has 1 rings (SSSR count). The van der Waals surface area contributed by atoms with Gasteiger partial charge in [-0.3, -0.25) is 0 Å². The monoisotopic (exact) mass is 204 g/mol. The first-order valence-corrected chi connectivity index (χ1v) is 5.76. The van der Waals surface area contributed by atoms with Crippen LogP contribution in [0.1, 0.15) is 48.5 Å². The van der Waals surface area contributed by atoms with Crippen LogP contribution in [-0.4, -0.2) is 42.9 Å². The molecule has 0 aliphatic carbocycles. The molecule has 15 heavy (non-hydrogen) atoms. The SMILES string of the molecule is CC1CN(C)C(C)(C)C(C)(C)C1(C)C.[Li]. The molecular weight excluding hydrogens is 177 g/mol. The summed E-state index contributed by atoms with van der Waals surface area (Å²) in [6.07, 6.45) is 0. The molecule has 1 atom stereocenters. The summed E-state index contributed by atoms with van der Waals surface area (Å²) < 4.78 is 0. The van der Waals surface area contributed by atoms with Crippen molar-refractivity contribution in [1.29, 1.82) is 0 Å². The number of nitrogens with zero attached hydrogens (tertiary/aromatic N) is 1. The van der Waals surface area contributed by atoms with Crippen LogP contribution in [0.4, 0.5) is 0 Å². The van der Waals surface area contributed by atoms with E-state index in [0.717, 1.165) is 5.92 Å². The van der Waals surface area contributed by atoms with Gasteiger partial charge in [0.15, 0.2) is 0 Å². The largest absolute Gasteiger partial charge is 0.300 e. The number of hydrogen-bond acceptors (Lipinski definition) is 1. The zero-order chi connectivity index (χ0) is 11.4. The maximum absolute atomic E-state index is 2.52. The molecule has 1 radical (unpaired) electrons. The molecule has 1 nitrogen and oxygen atoms in total. The third-order valence-corrected chi connectivity index (χ3v) is 5.87. The van der Waals surface area contributed by atoms with Crippen molar-refractivity contribution in [2.24, 2.45) is 16.7 Å².